The molecule has 0 unspecified atom stereocenters. The van der Waals surface area contributed by atoms with Crippen LogP contribution in [0.4, 0.5) is 0 Å². The zero-order valence-corrected chi connectivity index (χ0v) is 19.6. The predicted octanol–water partition coefficient (Wildman–Crippen LogP) is 4.68. The van der Waals surface area contributed by atoms with Gasteiger partial charge in [0.05, 0.1) is 24.9 Å². The van der Waals surface area contributed by atoms with E-state index in [9.17, 15) is 9.90 Å². The summed E-state index contributed by atoms with van der Waals surface area (Å²) in [7, 11) is -0.543. The lowest BCUT2D eigenvalue weighted by Gasteiger charge is -2.57. The third-order valence-electron chi connectivity index (χ3n) is 8.30. The van der Waals surface area contributed by atoms with E-state index >= 15 is 0 Å². The van der Waals surface area contributed by atoms with E-state index in [1.54, 1.807) is 0 Å². The Morgan fingerprint density at radius 1 is 1.22 bits per heavy atom. The van der Waals surface area contributed by atoms with Crippen LogP contribution in [0.2, 0.25) is 18.1 Å². The van der Waals surface area contributed by atoms with Crippen LogP contribution in [-0.2, 0) is 14.0 Å². The zero-order chi connectivity index (χ0) is 20.6. The molecule has 3 rings (SSSR count). The minimum Gasteiger partial charge on any atom is -0.466 e. The topological polar surface area (TPSA) is 55.8 Å². The highest BCUT2D eigenvalue weighted by atomic mass is 28.4. The summed E-state index contributed by atoms with van der Waals surface area (Å²) < 4.78 is 12.1. The molecule has 2 fully saturated rings. The molecular formula is C22H38O4Si. The Labute approximate surface area is 165 Å². The van der Waals surface area contributed by atoms with Gasteiger partial charge in [0, 0.05) is 0 Å². The lowest BCUT2D eigenvalue weighted by molar-refractivity contribution is -0.139. The van der Waals surface area contributed by atoms with Gasteiger partial charge in [-0.3, -0.25) is 0 Å². The molecule has 0 aromatic carbocycles. The molecule has 2 saturated carbocycles. The Morgan fingerprint density at radius 3 is 2.26 bits per heavy atom. The molecule has 5 heteroatoms. The van der Waals surface area contributed by atoms with E-state index in [0.29, 0.717) is 5.57 Å². The number of methoxy groups -OCH3 is 1. The summed E-state index contributed by atoms with van der Waals surface area (Å²) >= 11 is 0. The molecular weight excluding hydrogens is 356 g/mol. The van der Waals surface area contributed by atoms with Gasteiger partial charge in [0.2, 0.25) is 0 Å². The number of esters is 1. The molecule has 0 radical (unpaired) electrons. The molecule has 3 aliphatic carbocycles. The van der Waals surface area contributed by atoms with Crippen molar-refractivity contribution in [2.75, 3.05) is 7.11 Å². The van der Waals surface area contributed by atoms with Gasteiger partial charge in [0.1, 0.15) is 0 Å². The number of carbonyl (C=O) groups is 1. The maximum Gasteiger partial charge on any atom is 0.336 e. The first-order valence-corrected chi connectivity index (χ1v) is 13.3. The molecule has 154 valence electrons. The molecule has 0 aromatic heterocycles. The van der Waals surface area contributed by atoms with Crippen LogP contribution in [0.1, 0.15) is 60.8 Å². The molecule has 0 spiro atoms. The second kappa shape index (κ2) is 6.17. The number of hydrogen-bond acceptors (Lipinski definition) is 4. The maximum absolute atomic E-state index is 12.4. The molecule has 3 aliphatic rings. The highest BCUT2D eigenvalue weighted by Gasteiger charge is 2.65. The number of aliphatic hydroxyl groups excluding tert-OH is 1. The van der Waals surface area contributed by atoms with E-state index in [2.05, 4.69) is 54.6 Å². The Bertz CT molecular complexity index is 672. The molecule has 0 saturated heterocycles. The second-order valence-corrected chi connectivity index (χ2v) is 16.2. The van der Waals surface area contributed by atoms with Crippen molar-refractivity contribution in [1.82, 2.24) is 0 Å². The molecule has 0 bridgehead atoms. The summed E-state index contributed by atoms with van der Waals surface area (Å²) in [5.41, 5.74) is 1.57. The third-order valence-corrected chi connectivity index (χ3v) is 12.8. The van der Waals surface area contributed by atoms with E-state index in [4.69, 9.17) is 9.16 Å². The Morgan fingerprint density at radius 2 is 1.81 bits per heavy atom. The van der Waals surface area contributed by atoms with Crippen LogP contribution in [0.25, 0.3) is 0 Å². The fourth-order valence-electron chi connectivity index (χ4n) is 5.60. The predicted molar refractivity (Wildman–Crippen MR) is 110 cm³/mol. The van der Waals surface area contributed by atoms with Crippen LogP contribution in [-0.4, -0.2) is 38.7 Å². The monoisotopic (exact) mass is 394 g/mol. The van der Waals surface area contributed by atoms with Crippen molar-refractivity contribution in [3.05, 3.63) is 11.1 Å². The van der Waals surface area contributed by atoms with Crippen LogP contribution >= 0.6 is 0 Å². The standard InChI is InChI=1S/C22H38O4Si/c1-20(2,3)27(8,9)26-18-16-13(12-21(18,4)5)17(23)15(19(24)25-7)14-10-11-22(14,16)6/h13,16-18,23H,10-12H2,1-9H3/t13-,16-,17+,18+,22+/m1/s1. The fourth-order valence-corrected chi connectivity index (χ4v) is 7.06. The summed E-state index contributed by atoms with van der Waals surface area (Å²) in [6.07, 6.45) is 2.19. The van der Waals surface area contributed by atoms with Gasteiger partial charge in [-0.2, -0.15) is 0 Å². The molecule has 0 aliphatic heterocycles. The average Bonchev–Trinajstić information content (AvgIpc) is 2.78. The van der Waals surface area contributed by atoms with Gasteiger partial charge >= 0.3 is 5.97 Å². The van der Waals surface area contributed by atoms with Crippen molar-refractivity contribution in [2.45, 2.75) is 91.1 Å². The number of ether oxygens (including phenoxy) is 1. The number of fused-ring (bicyclic) bond motifs is 3. The first-order chi connectivity index (χ1) is 12.2. The summed E-state index contributed by atoms with van der Waals surface area (Å²) in [6, 6.07) is 0. The van der Waals surface area contributed by atoms with E-state index in [1.807, 2.05) is 0 Å². The molecule has 0 aromatic rings. The summed E-state index contributed by atoms with van der Waals surface area (Å²) in [4.78, 5) is 12.4. The number of aliphatic hydroxyl groups is 1. The maximum atomic E-state index is 12.4. The van der Waals surface area contributed by atoms with E-state index in [-0.39, 0.29) is 39.8 Å². The minimum atomic E-state index is -1.95. The van der Waals surface area contributed by atoms with Crippen molar-refractivity contribution in [3.8, 4) is 0 Å². The van der Waals surface area contributed by atoms with Crippen molar-refractivity contribution < 1.29 is 19.1 Å². The Balaban J connectivity index is 2.05. The van der Waals surface area contributed by atoms with Gasteiger partial charge in [-0.05, 0) is 60.1 Å². The first kappa shape index (κ1) is 21.1. The van der Waals surface area contributed by atoms with Crippen LogP contribution in [0.3, 0.4) is 0 Å². The lowest BCUT2D eigenvalue weighted by atomic mass is 9.50. The molecule has 1 N–H and O–H groups in total. The first-order valence-electron chi connectivity index (χ1n) is 10.3. The Hall–Kier alpha value is -0.653. The number of rotatable bonds is 3. The van der Waals surface area contributed by atoms with Crippen molar-refractivity contribution in [1.29, 1.82) is 0 Å². The highest BCUT2D eigenvalue weighted by Crippen LogP contribution is 2.67. The van der Waals surface area contributed by atoms with Gasteiger partial charge in [0.15, 0.2) is 8.32 Å². The van der Waals surface area contributed by atoms with Gasteiger partial charge in [-0.15, -0.1) is 0 Å². The summed E-state index contributed by atoms with van der Waals surface area (Å²) in [6.45, 7) is 18.3. The molecule has 27 heavy (non-hydrogen) atoms. The van der Waals surface area contributed by atoms with Crippen molar-refractivity contribution in [3.63, 3.8) is 0 Å². The molecule has 4 nitrogen and oxygen atoms in total. The minimum absolute atomic E-state index is 0.0267. The molecule has 0 heterocycles. The number of carbonyl (C=O) groups excluding carboxylic acids is 1. The van der Waals surface area contributed by atoms with Crippen LogP contribution in [0.5, 0.6) is 0 Å². The van der Waals surface area contributed by atoms with Gasteiger partial charge in [0.25, 0.3) is 0 Å². The summed E-state index contributed by atoms with van der Waals surface area (Å²) in [5, 5.41) is 11.3. The number of allylic oxidation sites excluding steroid dienone is 1. The Kier molecular flexibility index (Phi) is 4.81. The van der Waals surface area contributed by atoms with Gasteiger partial charge in [-0.25, -0.2) is 4.79 Å². The zero-order valence-electron chi connectivity index (χ0n) is 18.6. The number of hydrogen-bond donors (Lipinski definition) is 1. The van der Waals surface area contributed by atoms with E-state index in [0.717, 1.165) is 24.8 Å². The second-order valence-electron chi connectivity index (χ2n) is 11.4. The SMILES string of the molecule is COC(=O)C1=C2CC[C@]2(C)[C@@H]2[C@@H](CC(C)(C)[C@H]2O[Si](C)(C)C(C)(C)C)[C@@H]1O. The molecule has 0 amide bonds. The van der Waals surface area contributed by atoms with Crippen LogP contribution in [0, 0.1) is 22.7 Å². The average molecular weight is 395 g/mol. The highest BCUT2D eigenvalue weighted by molar-refractivity contribution is 6.74. The van der Waals surface area contributed by atoms with E-state index < -0.39 is 14.4 Å². The van der Waals surface area contributed by atoms with Crippen molar-refractivity contribution in [2.24, 2.45) is 22.7 Å². The van der Waals surface area contributed by atoms with Crippen LogP contribution < -0.4 is 0 Å². The van der Waals surface area contributed by atoms with Crippen LogP contribution in [0.15, 0.2) is 11.1 Å². The van der Waals surface area contributed by atoms with Crippen molar-refractivity contribution >= 4 is 14.3 Å². The normalized spacial score (nSPS) is 38.1. The lowest BCUT2D eigenvalue weighted by Crippen LogP contribution is -2.56. The largest absolute Gasteiger partial charge is 0.466 e. The van der Waals surface area contributed by atoms with Gasteiger partial charge < -0.3 is 14.3 Å². The quantitative estimate of drug-likeness (QED) is 0.558. The van der Waals surface area contributed by atoms with E-state index in [1.165, 1.54) is 7.11 Å². The fraction of sp³-hybridized carbons (Fsp3) is 0.864. The smallest absolute Gasteiger partial charge is 0.336 e. The van der Waals surface area contributed by atoms with Gasteiger partial charge in [-0.1, -0.05) is 47.1 Å². The third kappa shape index (κ3) is 2.96. The summed E-state index contributed by atoms with van der Waals surface area (Å²) in [5.74, 6) is -0.0415. The molecule has 5 atom stereocenters.